The molecule has 0 saturated heterocycles. The normalized spacial score (nSPS) is 14.5. The van der Waals surface area contributed by atoms with Crippen LogP contribution >= 0.6 is 11.3 Å². The van der Waals surface area contributed by atoms with Crippen LogP contribution in [-0.2, 0) is 17.6 Å². The first kappa shape index (κ1) is 23.0. The lowest BCUT2D eigenvalue weighted by atomic mass is 9.95. The average molecular weight is 489 g/mol. The van der Waals surface area contributed by atoms with Gasteiger partial charge in [-0.1, -0.05) is 17.7 Å². The van der Waals surface area contributed by atoms with Crippen LogP contribution in [0.1, 0.15) is 77.2 Å². The largest absolute Gasteiger partial charge is 0.462 e. The third-order valence-corrected chi connectivity index (χ3v) is 7.53. The maximum absolute atomic E-state index is 13.2. The third kappa shape index (κ3) is 4.04. The van der Waals surface area contributed by atoms with E-state index in [4.69, 9.17) is 4.74 Å². The van der Waals surface area contributed by atoms with Crippen molar-refractivity contribution < 1.29 is 23.9 Å². The van der Waals surface area contributed by atoms with E-state index in [0.717, 1.165) is 46.6 Å². The first-order valence-electron chi connectivity index (χ1n) is 11.6. The van der Waals surface area contributed by atoms with Gasteiger partial charge in [-0.3, -0.25) is 14.4 Å². The number of carbonyl (C=O) groups excluding carboxylic acids is 4. The van der Waals surface area contributed by atoms with Crippen molar-refractivity contribution in [3.8, 4) is 0 Å². The standard InChI is InChI=1S/C27H24N2O5S/c1-3-34-27(33)22-19-6-4-5-7-21(19)35-24(22)28-23(30)16-10-13-18-20(14-16)26(32)29(25(18)31)17-11-8-15(2)9-12-17/h8-14H,3-7H2,1-2H3,(H,28,30). The molecule has 2 aromatic carbocycles. The number of hydrogen-bond acceptors (Lipinski definition) is 6. The van der Waals surface area contributed by atoms with Gasteiger partial charge in [0.15, 0.2) is 0 Å². The molecule has 8 heteroatoms. The zero-order chi connectivity index (χ0) is 24.7. The van der Waals surface area contributed by atoms with Crippen LogP contribution in [0.3, 0.4) is 0 Å². The summed E-state index contributed by atoms with van der Waals surface area (Å²) in [4.78, 5) is 54.1. The van der Waals surface area contributed by atoms with Crippen molar-refractivity contribution in [3.05, 3.63) is 80.7 Å². The number of carbonyl (C=O) groups is 4. The summed E-state index contributed by atoms with van der Waals surface area (Å²) in [6.07, 6.45) is 3.68. The fourth-order valence-electron chi connectivity index (χ4n) is 4.56. The van der Waals surface area contributed by atoms with Gasteiger partial charge in [0.05, 0.1) is 29.0 Å². The Morgan fingerprint density at radius 2 is 1.71 bits per heavy atom. The zero-order valence-electron chi connectivity index (χ0n) is 19.5. The summed E-state index contributed by atoms with van der Waals surface area (Å²) in [7, 11) is 0. The van der Waals surface area contributed by atoms with E-state index >= 15 is 0 Å². The van der Waals surface area contributed by atoms with Crippen molar-refractivity contribution in [2.24, 2.45) is 0 Å². The second-order valence-corrected chi connectivity index (χ2v) is 9.74. The first-order valence-corrected chi connectivity index (χ1v) is 12.4. The second kappa shape index (κ2) is 9.11. The van der Waals surface area contributed by atoms with E-state index < -0.39 is 23.7 Å². The average Bonchev–Trinajstić information content (AvgIpc) is 3.34. The molecule has 2 aliphatic rings. The number of aryl methyl sites for hydroxylation is 2. The molecule has 178 valence electrons. The lowest BCUT2D eigenvalue weighted by molar-refractivity contribution is 0.0526. The van der Waals surface area contributed by atoms with Gasteiger partial charge >= 0.3 is 5.97 Å². The lowest BCUT2D eigenvalue weighted by Gasteiger charge is -2.13. The van der Waals surface area contributed by atoms with Crippen LogP contribution in [0.25, 0.3) is 0 Å². The molecule has 0 unspecified atom stereocenters. The number of nitrogens with zero attached hydrogens (tertiary/aromatic N) is 1. The quantitative estimate of drug-likeness (QED) is 0.395. The molecule has 0 spiro atoms. The van der Waals surface area contributed by atoms with Crippen molar-refractivity contribution in [3.63, 3.8) is 0 Å². The Labute approximate surface area is 206 Å². The Balaban J connectivity index is 1.44. The first-order chi connectivity index (χ1) is 16.9. The Kier molecular flexibility index (Phi) is 5.98. The maximum atomic E-state index is 13.2. The monoisotopic (exact) mass is 488 g/mol. The van der Waals surface area contributed by atoms with Crippen molar-refractivity contribution >= 4 is 45.7 Å². The molecule has 3 amide bonds. The number of hydrogen-bond donors (Lipinski definition) is 1. The minimum atomic E-state index is -0.470. The van der Waals surface area contributed by atoms with Crippen molar-refractivity contribution in [2.75, 3.05) is 16.8 Å². The Bertz CT molecular complexity index is 1370. The number of thiophene rings is 1. The third-order valence-electron chi connectivity index (χ3n) is 6.32. The molecule has 0 bridgehead atoms. The van der Waals surface area contributed by atoms with Crippen LogP contribution in [0, 0.1) is 6.92 Å². The number of ether oxygens (including phenoxy) is 1. The van der Waals surface area contributed by atoms with Gasteiger partial charge < -0.3 is 10.1 Å². The molecule has 2 heterocycles. The molecule has 1 N–H and O–H groups in total. The molecule has 7 nitrogen and oxygen atoms in total. The number of imide groups is 1. The van der Waals surface area contributed by atoms with Crippen molar-refractivity contribution in [1.29, 1.82) is 0 Å². The SMILES string of the molecule is CCOC(=O)c1c(NC(=O)c2ccc3c(c2)C(=O)N(c2ccc(C)cc2)C3=O)sc2c1CCCC2. The molecule has 0 radical (unpaired) electrons. The van der Waals surface area contributed by atoms with E-state index in [1.165, 1.54) is 29.5 Å². The van der Waals surface area contributed by atoms with E-state index in [-0.39, 0.29) is 23.3 Å². The van der Waals surface area contributed by atoms with E-state index in [0.29, 0.717) is 16.3 Å². The summed E-state index contributed by atoms with van der Waals surface area (Å²) >= 11 is 1.40. The van der Waals surface area contributed by atoms with Crippen LogP contribution in [0.2, 0.25) is 0 Å². The molecule has 1 aliphatic carbocycles. The minimum absolute atomic E-state index is 0.180. The Hall–Kier alpha value is -3.78. The molecular formula is C27H24N2O5S. The molecule has 1 aromatic heterocycles. The fourth-order valence-corrected chi connectivity index (χ4v) is 5.83. The fraction of sp³-hybridized carbons (Fsp3) is 0.259. The van der Waals surface area contributed by atoms with Gasteiger partial charge in [-0.2, -0.15) is 0 Å². The van der Waals surface area contributed by atoms with Gasteiger partial charge in [-0.05, 0) is 75.4 Å². The van der Waals surface area contributed by atoms with E-state index in [9.17, 15) is 19.2 Å². The number of esters is 1. The van der Waals surface area contributed by atoms with Crippen LogP contribution in [0.15, 0.2) is 42.5 Å². The molecule has 0 fully saturated rings. The lowest BCUT2D eigenvalue weighted by Crippen LogP contribution is -2.29. The molecule has 0 atom stereocenters. The summed E-state index contributed by atoms with van der Waals surface area (Å²) in [5.41, 5.74) is 3.55. The molecule has 1 aliphatic heterocycles. The highest BCUT2D eigenvalue weighted by molar-refractivity contribution is 7.17. The van der Waals surface area contributed by atoms with Gasteiger partial charge in [0.2, 0.25) is 0 Å². The highest BCUT2D eigenvalue weighted by Crippen LogP contribution is 2.39. The van der Waals surface area contributed by atoms with Crippen LogP contribution in [-0.4, -0.2) is 30.3 Å². The van der Waals surface area contributed by atoms with E-state index in [2.05, 4.69) is 5.32 Å². The number of amides is 3. The van der Waals surface area contributed by atoms with E-state index in [1.54, 1.807) is 19.1 Å². The smallest absolute Gasteiger partial charge is 0.341 e. The summed E-state index contributed by atoms with van der Waals surface area (Å²) in [6, 6.07) is 11.6. The molecular weight excluding hydrogens is 464 g/mol. The van der Waals surface area contributed by atoms with Gasteiger partial charge in [0.1, 0.15) is 5.00 Å². The molecule has 35 heavy (non-hydrogen) atoms. The Morgan fingerprint density at radius 1 is 1.00 bits per heavy atom. The van der Waals surface area contributed by atoms with Crippen molar-refractivity contribution in [2.45, 2.75) is 39.5 Å². The molecule has 5 rings (SSSR count). The number of nitrogens with one attached hydrogen (secondary N) is 1. The van der Waals surface area contributed by atoms with Crippen LogP contribution < -0.4 is 10.2 Å². The number of fused-ring (bicyclic) bond motifs is 2. The predicted molar refractivity (Wildman–Crippen MR) is 134 cm³/mol. The van der Waals surface area contributed by atoms with Crippen molar-refractivity contribution in [1.82, 2.24) is 0 Å². The minimum Gasteiger partial charge on any atom is -0.462 e. The van der Waals surface area contributed by atoms with Gasteiger partial charge in [0, 0.05) is 10.4 Å². The summed E-state index contributed by atoms with van der Waals surface area (Å²) in [5, 5.41) is 3.32. The van der Waals surface area contributed by atoms with Gasteiger partial charge in [-0.25, -0.2) is 9.69 Å². The highest BCUT2D eigenvalue weighted by Gasteiger charge is 2.37. The second-order valence-electron chi connectivity index (χ2n) is 8.63. The zero-order valence-corrected chi connectivity index (χ0v) is 20.3. The number of anilines is 2. The summed E-state index contributed by atoms with van der Waals surface area (Å²) < 4.78 is 5.26. The summed E-state index contributed by atoms with van der Waals surface area (Å²) in [5.74, 6) is -1.78. The van der Waals surface area contributed by atoms with Crippen LogP contribution in [0.5, 0.6) is 0 Å². The highest BCUT2D eigenvalue weighted by atomic mass is 32.1. The number of benzene rings is 2. The van der Waals surface area contributed by atoms with Crippen LogP contribution in [0.4, 0.5) is 10.7 Å². The van der Waals surface area contributed by atoms with E-state index in [1.807, 2.05) is 19.1 Å². The topological polar surface area (TPSA) is 92.8 Å². The Morgan fingerprint density at radius 3 is 2.46 bits per heavy atom. The maximum Gasteiger partial charge on any atom is 0.341 e. The molecule has 3 aromatic rings. The van der Waals surface area contributed by atoms with Gasteiger partial charge in [0.25, 0.3) is 17.7 Å². The number of rotatable bonds is 5. The predicted octanol–water partition coefficient (Wildman–Crippen LogP) is 5.16. The molecule has 0 saturated carbocycles. The summed E-state index contributed by atoms with van der Waals surface area (Å²) in [6.45, 7) is 3.92. The van der Waals surface area contributed by atoms with Gasteiger partial charge in [-0.15, -0.1) is 11.3 Å².